The summed E-state index contributed by atoms with van der Waals surface area (Å²) in [5.74, 6) is -0.106. The lowest BCUT2D eigenvalue weighted by atomic mass is 9.98. The second-order valence-corrected chi connectivity index (χ2v) is 5.64. The van der Waals surface area contributed by atoms with Gasteiger partial charge in [-0.2, -0.15) is 0 Å². The summed E-state index contributed by atoms with van der Waals surface area (Å²) in [4.78, 5) is 0. The zero-order chi connectivity index (χ0) is 14.7. The standard InChI is InChI=1S/C16H17BrFNO/c1-10-7-12(4-5-13(10)17)15(19)9-11-3-6-16(20-2)14(18)8-11/h3-8,15H,9,19H2,1-2H3. The van der Waals surface area contributed by atoms with E-state index in [4.69, 9.17) is 10.5 Å². The van der Waals surface area contributed by atoms with E-state index in [9.17, 15) is 4.39 Å². The topological polar surface area (TPSA) is 35.2 Å². The van der Waals surface area contributed by atoms with E-state index in [0.717, 1.165) is 21.2 Å². The molecule has 1 unspecified atom stereocenters. The van der Waals surface area contributed by atoms with E-state index >= 15 is 0 Å². The maximum absolute atomic E-state index is 13.6. The Labute approximate surface area is 126 Å². The van der Waals surface area contributed by atoms with Crippen LogP contribution in [0.5, 0.6) is 5.75 Å². The molecule has 0 aliphatic heterocycles. The van der Waals surface area contributed by atoms with Crippen molar-refractivity contribution in [2.75, 3.05) is 7.11 Å². The van der Waals surface area contributed by atoms with Crippen molar-refractivity contribution >= 4 is 15.9 Å². The van der Waals surface area contributed by atoms with Gasteiger partial charge in [-0.15, -0.1) is 0 Å². The van der Waals surface area contributed by atoms with Gasteiger partial charge in [0.25, 0.3) is 0 Å². The van der Waals surface area contributed by atoms with Crippen molar-refractivity contribution in [2.24, 2.45) is 5.73 Å². The summed E-state index contributed by atoms with van der Waals surface area (Å²) in [7, 11) is 1.45. The average molecular weight is 338 g/mol. The SMILES string of the molecule is COc1ccc(CC(N)c2ccc(Br)c(C)c2)cc1F. The molecule has 1 atom stereocenters. The Hall–Kier alpha value is -1.39. The maximum atomic E-state index is 13.6. The third kappa shape index (κ3) is 3.38. The summed E-state index contributed by atoms with van der Waals surface area (Å²) in [5, 5.41) is 0. The monoisotopic (exact) mass is 337 g/mol. The van der Waals surface area contributed by atoms with Crippen LogP contribution in [0.1, 0.15) is 22.7 Å². The lowest BCUT2D eigenvalue weighted by Crippen LogP contribution is -2.13. The Kier molecular flexibility index (Phi) is 4.78. The molecule has 2 aromatic carbocycles. The van der Waals surface area contributed by atoms with Crippen molar-refractivity contribution in [3.05, 3.63) is 63.4 Å². The summed E-state index contributed by atoms with van der Waals surface area (Å²) in [5.41, 5.74) is 9.24. The van der Waals surface area contributed by atoms with Crippen LogP contribution in [0, 0.1) is 12.7 Å². The molecule has 20 heavy (non-hydrogen) atoms. The van der Waals surface area contributed by atoms with E-state index in [1.807, 2.05) is 25.1 Å². The molecule has 2 N–H and O–H groups in total. The highest BCUT2D eigenvalue weighted by Crippen LogP contribution is 2.24. The van der Waals surface area contributed by atoms with E-state index in [1.54, 1.807) is 6.07 Å². The van der Waals surface area contributed by atoms with E-state index in [1.165, 1.54) is 13.2 Å². The van der Waals surface area contributed by atoms with Gasteiger partial charge >= 0.3 is 0 Å². The van der Waals surface area contributed by atoms with Gasteiger partial charge < -0.3 is 10.5 Å². The average Bonchev–Trinajstić information content (AvgIpc) is 2.42. The van der Waals surface area contributed by atoms with E-state index in [2.05, 4.69) is 22.0 Å². The molecule has 0 aliphatic rings. The van der Waals surface area contributed by atoms with Crippen LogP contribution >= 0.6 is 15.9 Å². The summed E-state index contributed by atoms with van der Waals surface area (Å²) < 4.78 is 19.6. The first-order valence-electron chi connectivity index (χ1n) is 6.35. The lowest BCUT2D eigenvalue weighted by Gasteiger charge is -2.14. The minimum Gasteiger partial charge on any atom is -0.494 e. The van der Waals surface area contributed by atoms with Crippen LogP contribution < -0.4 is 10.5 Å². The van der Waals surface area contributed by atoms with Gasteiger partial charge in [-0.1, -0.05) is 34.1 Å². The molecule has 4 heteroatoms. The first kappa shape index (κ1) is 15.0. The Morgan fingerprint density at radius 1 is 1.25 bits per heavy atom. The highest BCUT2D eigenvalue weighted by molar-refractivity contribution is 9.10. The Morgan fingerprint density at radius 2 is 2.00 bits per heavy atom. The molecule has 0 saturated heterocycles. The van der Waals surface area contributed by atoms with Crippen molar-refractivity contribution in [3.63, 3.8) is 0 Å². The van der Waals surface area contributed by atoms with Crippen LogP contribution in [-0.4, -0.2) is 7.11 Å². The highest BCUT2D eigenvalue weighted by atomic mass is 79.9. The van der Waals surface area contributed by atoms with Crippen molar-refractivity contribution in [1.82, 2.24) is 0 Å². The fourth-order valence-electron chi connectivity index (χ4n) is 2.11. The number of rotatable bonds is 4. The van der Waals surface area contributed by atoms with Gasteiger partial charge in [-0.25, -0.2) is 4.39 Å². The Morgan fingerprint density at radius 3 is 2.60 bits per heavy atom. The fourth-order valence-corrected chi connectivity index (χ4v) is 2.35. The molecule has 2 rings (SSSR count). The Balaban J connectivity index is 2.16. The van der Waals surface area contributed by atoms with E-state index in [-0.39, 0.29) is 17.6 Å². The van der Waals surface area contributed by atoms with Gasteiger partial charge in [0.2, 0.25) is 0 Å². The largest absolute Gasteiger partial charge is 0.494 e. The molecule has 106 valence electrons. The van der Waals surface area contributed by atoms with Crippen molar-refractivity contribution < 1.29 is 9.13 Å². The normalized spacial score (nSPS) is 12.2. The van der Waals surface area contributed by atoms with E-state index < -0.39 is 0 Å². The van der Waals surface area contributed by atoms with Gasteiger partial charge in [-0.05, 0) is 48.2 Å². The number of halogens is 2. The molecule has 0 radical (unpaired) electrons. The number of hydrogen-bond donors (Lipinski definition) is 1. The Bertz CT molecular complexity index is 615. The second kappa shape index (κ2) is 6.37. The van der Waals surface area contributed by atoms with E-state index in [0.29, 0.717) is 6.42 Å². The summed E-state index contributed by atoms with van der Waals surface area (Å²) >= 11 is 3.47. The minimum absolute atomic E-state index is 0.158. The third-order valence-corrected chi connectivity index (χ3v) is 4.17. The number of aryl methyl sites for hydroxylation is 1. The molecular formula is C16H17BrFNO. The van der Waals surface area contributed by atoms with Crippen molar-refractivity contribution in [3.8, 4) is 5.75 Å². The lowest BCUT2D eigenvalue weighted by molar-refractivity contribution is 0.386. The minimum atomic E-state index is -0.357. The number of hydrogen-bond acceptors (Lipinski definition) is 2. The van der Waals surface area contributed by atoms with Crippen LogP contribution in [0.25, 0.3) is 0 Å². The second-order valence-electron chi connectivity index (χ2n) is 4.79. The first-order chi connectivity index (χ1) is 9.51. The van der Waals surface area contributed by atoms with Crippen molar-refractivity contribution in [1.29, 1.82) is 0 Å². The number of ether oxygens (including phenoxy) is 1. The molecule has 2 nitrogen and oxygen atoms in total. The predicted molar refractivity (Wildman–Crippen MR) is 82.5 cm³/mol. The molecule has 0 bridgehead atoms. The summed E-state index contributed by atoms with van der Waals surface area (Å²) in [6.07, 6.45) is 0.585. The van der Waals surface area contributed by atoms with Gasteiger partial charge in [0, 0.05) is 10.5 Å². The highest BCUT2D eigenvalue weighted by Gasteiger charge is 2.10. The summed E-state index contributed by atoms with van der Waals surface area (Å²) in [6, 6.07) is 10.8. The van der Waals surface area contributed by atoms with Crippen molar-refractivity contribution in [2.45, 2.75) is 19.4 Å². The molecule has 0 aromatic heterocycles. The number of benzene rings is 2. The maximum Gasteiger partial charge on any atom is 0.165 e. The summed E-state index contributed by atoms with van der Waals surface area (Å²) in [6.45, 7) is 2.02. The van der Waals surface area contributed by atoms with Gasteiger partial charge in [0.15, 0.2) is 11.6 Å². The molecular weight excluding hydrogens is 321 g/mol. The van der Waals surface area contributed by atoms with Crippen LogP contribution in [0.15, 0.2) is 40.9 Å². The van der Waals surface area contributed by atoms with Crippen LogP contribution in [0.2, 0.25) is 0 Å². The fraction of sp³-hybridized carbons (Fsp3) is 0.250. The smallest absolute Gasteiger partial charge is 0.165 e. The molecule has 0 aliphatic carbocycles. The number of nitrogens with two attached hydrogens (primary N) is 1. The van der Waals surface area contributed by atoms with Crippen LogP contribution in [-0.2, 0) is 6.42 Å². The molecule has 0 amide bonds. The predicted octanol–water partition coefficient (Wildman–Crippen LogP) is 4.15. The third-order valence-electron chi connectivity index (χ3n) is 3.28. The zero-order valence-electron chi connectivity index (χ0n) is 11.5. The molecule has 0 heterocycles. The zero-order valence-corrected chi connectivity index (χ0v) is 13.1. The molecule has 0 fully saturated rings. The van der Waals surface area contributed by atoms with Gasteiger partial charge in [0.1, 0.15) is 0 Å². The molecule has 0 spiro atoms. The van der Waals surface area contributed by atoms with Crippen LogP contribution in [0.3, 0.4) is 0 Å². The van der Waals surface area contributed by atoms with Crippen LogP contribution in [0.4, 0.5) is 4.39 Å². The number of methoxy groups -OCH3 is 1. The van der Waals surface area contributed by atoms with Gasteiger partial charge in [0.05, 0.1) is 7.11 Å². The van der Waals surface area contributed by atoms with Gasteiger partial charge in [-0.3, -0.25) is 0 Å². The quantitative estimate of drug-likeness (QED) is 0.909. The first-order valence-corrected chi connectivity index (χ1v) is 7.14. The molecule has 0 saturated carbocycles. The molecule has 2 aromatic rings.